The number of methoxy groups -OCH3 is 1. The molecule has 0 aromatic carbocycles. The Balaban J connectivity index is 2.44. The molecule has 0 radical (unpaired) electrons. The molecule has 0 amide bonds. The maximum Gasteiger partial charge on any atom is 0.356 e. The highest BCUT2D eigenvalue weighted by molar-refractivity contribution is 5.87. The number of carbonyl (C=O) groups excluding carboxylic acids is 1. The van der Waals surface area contributed by atoms with Crippen molar-refractivity contribution in [2.45, 2.75) is 38.5 Å². The summed E-state index contributed by atoms with van der Waals surface area (Å²) in [6.45, 7) is 4.38. The molecule has 3 heteroatoms. The normalized spacial score (nSPS) is 23.7. The van der Waals surface area contributed by atoms with Gasteiger partial charge in [0.2, 0.25) is 0 Å². The van der Waals surface area contributed by atoms with Crippen molar-refractivity contribution < 1.29 is 9.53 Å². The van der Waals surface area contributed by atoms with Crippen molar-refractivity contribution >= 4 is 5.97 Å². The molecule has 16 heavy (non-hydrogen) atoms. The second kappa shape index (κ2) is 4.24. The number of pyridine rings is 1. The Labute approximate surface area is 95.8 Å². The molecule has 2 atom stereocenters. The summed E-state index contributed by atoms with van der Waals surface area (Å²) < 4.78 is 4.69. The van der Waals surface area contributed by atoms with Crippen LogP contribution in [0.3, 0.4) is 0 Å². The minimum absolute atomic E-state index is 0.353. The molecule has 0 bridgehead atoms. The molecule has 86 valence electrons. The first-order valence-corrected chi connectivity index (χ1v) is 5.72. The molecule has 1 aliphatic rings. The van der Waals surface area contributed by atoms with E-state index in [0.717, 1.165) is 12.1 Å². The number of carbonyl (C=O) groups is 1. The summed E-state index contributed by atoms with van der Waals surface area (Å²) in [4.78, 5) is 15.8. The summed E-state index contributed by atoms with van der Waals surface area (Å²) in [5, 5.41) is 0. The fourth-order valence-corrected chi connectivity index (χ4v) is 2.31. The van der Waals surface area contributed by atoms with E-state index in [1.807, 2.05) is 6.07 Å². The zero-order chi connectivity index (χ0) is 11.7. The first kappa shape index (κ1) is 11.1. The quantitative estimate of drug-likeness (QED) is 0.682. The number of aromatic nitrogens is 1. The van der Waals surface area contributed by atoms with Gasteiger partial charge < -0.3 is 4.74 Å². The molecule has 0 N–H and O–H groups in total. The van der Waals surface area contributed by atoms with Gasteiger partial charge in [-0.15, -0.1) is 0 Å². The van der Waals surface area contributed by atoms with Crippen LogP contribution in [0.15, 0.2) is 12.1 Å². The average Bonchev–Trinajstić information content (AvgIpc) is 2.32. The van der Waals surface area contributed by atoms with Gasteiger partial charge in [0.25, 0.3) is 0 Å². The van der Waals surface area contributed by atoms with Gasteiger partial charge in [-0.25, -0.2) is 9.78 Å². The predicted molar refractivity (Wildman–Crippen MR) is 61.6 cm³/mol. The maximum absolute atomic E-state index is 11.4. The third-order valence-electron chi connectivity index (χ3n) is 3.38. The number of fused-ring (bicyclic) bond motifs is 1. The van der Waals surface area contributed by atoms with E-state index < -0.39 is 0 Å². The molecule has 0 saturated carbocycles. The Morgan fingerprint density at radius 2 is 2.00 bits per heavy atom. The van der Waals surface area contributed by atoms with E-state index in [1.165, 1.54) is 19.1 Å². The van der Waals surface area contributed by atoms with Crippen molar-refractivity contribution in [3.8, 4) is 0 Å². The Morgan fingerprint density at radius 1 is 1.31 bits per heavy atom. The summed E-state index contributed by atoms with van der Waals surface area (Å²) >= 11 is 0. The highest BCUT2D eigenvalue weighted by Gasteiger charge is 2.24. The highest BCUT2D eigenvalue weighted by atomic mass is 16.5. The van der Waals surface area contributed by atoms with Crippen LogP contribution in [0.2, 0.25) is 0 Å². The van der Waals surface area contributed by atoms with E-state index in [-0.39, 0.29) is 5.97 Å². The summed E-state index contributed by atoms with van der Waals surface area (Å²) in [6, 6.07) is 3.79. The fraction of sp³-hybridized carbons (Fsp3) is 0.538. The van der Waals surface area contributed by atoms with Crippen LogP contribution in [0, 0.1) is 0 Å². The first-order chi connectivity index (χ1) is 7.63. The summed E-state index contributed by atoms with van der Waals surface area (Å²) in [6.07, 6.45) is 2.35. The van der Waals surface area contributed by atoms with Crippen LogP contribution in [0.1, 0.15) is 60.3 Å². The van der Waals surface area contributed by atoms with E-state index >= 15 is 0 Å². The van der Waals surface area contributed by atoms with Gasteiger partial charge in [-0.2, -0.15) is 0 Å². The Morgan fingerprint density at radius 3 is 2.69 bits per heavy atom. The van der Waals surface area contributed by atoms with Crippen molar-refractivity contribution in [1.29, 1.82) is 0 Å². The van der Waals surface area contributed by atoms with Gasteiger partial charge in [0.1, 0.15) is 5.69 Å². The van der Waals surface area contributed by atoms with Crippen LogP contribution in [-0.2, 0) is 4.74 Å². The largest absolute Gasteiger partial charge is 0.464 e. The second-order valence-electron chi connectivity index (χ2n) is 4.54. The lowest BCUT2D eigenvalue weighted by molar-refractivity contribution is 0.0593. The summed E-state index contributed by atoms with van der Waals surface area (Å²) in [5.74, 6) is 0.634. The molecule has 1 aromatic heterocycles. The molecule has 0 fully saturated rings. The van der Waals surface area contributed by atoms with E-state index in [1.54, 1.807) is 6.07 Å². The van der Waals surface area contributed by atoms with Crippen molar-refractivity contribution in [2.75, 3.05) is 7.11 Å². The number of esters is 1. The predicted octanol–water partition coefficient (Wildman–Crippen LogP) is 2.87. The number of rotatable bonds is 1. The monoisotopic (exact) mass is 219 g/mol. The van der Waals surface area contributed by atoms with Gasteiger partial charge in [0.05, 0.1) is 7.11 Å². The smallest absolute Gasteiger partial charge is 0.356 e. The highest BCUT2D eigenvalue weighted by Crippen LogP contribution is 2.37. The van der Waals surface area contributed by atoms with Crippen molar-refractivity contribution in [1.82, 2.24) is 4.98 Å². The van der Waals surface area contributed by atoms with Gasteiger partial charge in [0, 0.05) is 5.69 Å². The molecule has 2 unspecified atom stereocenters. The van der Waals surface area contributed by atoms with Crippen LogP contribution >= 0.6 is 0 Å². The standard InChI is InChI=1S/C13H17NO2/c1-8-4-5-9(2)12-10(8)6-7-11(14-12)13(15)16-3/h6-9H,4-5H2,1-3H3. The molecule has 1 heterocycles. The van der Waals surface area contributed by atoms with Crippen molar-refractivity contribution in [3.63, 3.8) is 0 Å². The molecule has 0 aliphatic heterocycles. The molecule has 3 nitrogen and oxygen atoms in total. The molecule has 0 saturated heterocycles. The van der Waals surface area contributed by atoms with E-state index in [4.69, 9.17) is 0 Å². The number of ether oxygens (including phenoxy) is 1. The lowest BCUT2D eigenvalue weighted by atomic mass is 9.81. The zero-order valence-corrected chi connectivity index (χ0v) is 9.99. The lowest BCUT2D eigenvalue weighted by Gasteiger charge is -2.26. The molecule has 1 aromatic rings. The molecular formula is C13H17NO2. The number of hydrogen-bond donors (Lipinski definition) is 0. The molecule has 0 spiro atoms. The summed E-state index contributed by atoms with van der Waals surface area (Å²) in [5.41, 5.74) is 2.77. The van der Waals surface area contributed by atoms with Crippen LogP contribution in [0.5, 0.6) is 0 Å². The molecular weight excluding hydrogens is 202 g/mol. The lowest BCUT2D eigenvalue weighted by Crippen LogP contribution is -2.15. The van der Waals surface area contributed by atoms with E-state index in [0.29, 0.717) is 17.5 Å². The van der Waals surface area contributed by atoms with Crippen molar-refractivity contribution in [2.24, 2.45) is 0 Å². The Bertz CT molecular complexity index is 414. The SMILES string of the molecule is COC(=O)c1ccc2c(n1)C(C)CCC2C. The van der Waals surface area contributed by atoms with Gasteiger partial charge >= 0.3 is 5.97 Å². The maximum atomic E-state index is 11.4. The molecule has 1 aliphatic carbocycles. The zero-order valence-electron chi connectivity index (χ0n) is 9.99. The van der Waals surface area contributed by atoms with E-state index in [2.05, 4.69) is 23.6 Å². The molecule has 2 rings (SSSR count). The fourth-order valence-electron chi connectivity index (χ4n) is 2.31. The Kier molecular flexibility index (Phi) is 2.95. The first-order valence-electron chi connectivity index (χ1n) is 5.72. The minimum Gasteiger partial charge on any atom is -0.464 e. The Hall–Kier alpha value is -1.38. The van der Waals surface area contributed by atoms with Gasteiger partial charge in [-0.1, -0.05) is 19.9 Å². The van der Waals surface area contributed by atoms with Gasteiger partial charge in [0.15, 0.2) is 0 Å². The number of hydrogen-bond acceptors (Lipinski definition) is 3. The average molecular weight is 219 g/mol. The topological polar surface area (TPSA) is 39.2 Å². The third-order valence-corrected chi connectivity index (χ3v) is 3.38. The second-order valence-corrected chi connectivity index (χ2v) is 4.54. The van der Waals surface area contributed by atoms with Gasteiger partial charge in [-0.05, 0) is 36.3 Å². The van der Waals surface area contributed by atoms with Crippen molar-refractivity contribution in [3.05, 3.63) is 29.1 Å². The van der Waals surface area contributed by atoms with Gasteiger partial charge in [-0.3, -0.25) is 0 Å². The van der Waals surface area contributed by atoms with Crippen LogP contribution in [-0.4, -0.2) is 18.1 Å². The number of nitrogens with zero attached hydrogens (tertiary/aromatic N) is 1. The summed E-state index contributed by atoms with van der Waals surface area (Å²) in [7, 11) is 1.38. The van der Waals surface area contributed by atoms with Crippen LogP contribution in [0.4, 0.5) is 0 Å². The minimum atomic E-state index is -0.353. The van der Waals surface area contributed by atoms with Crippen LogP contribution < -0.4 is 0 Å². The third kappa shape index (κ3) is 1.82. The van der Waals surface area contributed by atoms with Crippen LogP contribution in [0.25, 0.3) is 0 Å². The van der Waals surface area contributed by atoms with E-state index in [9.17, 15) is 4.79 Å².